The van der Waals surface area contributed by atoms with Crippen LogP contribution in [0.2, 0.25) is 0 Å². The van der Waals surface area contributed by atoms with Crippen LogP contribution in [0.1, 0.15) is 33.1 Å². The van der Waals surface area contributed by atoms with Crippen molar-refractivity contribution >= 4 is 5.91 Å². The van der Waals surface area contributed by atoms with E-state index in [2.05, 4.69) is 24.1 Å². The van der Waals surface area contributed by atoms with E-state index in [9.17, 15) is 4.79 Å². The summed E-state index contributed by atoms with van der Waals surface area (Å²) in [5.41, 5.74) is 0. The van der Waals surface area contributed by atoms with E-state index in [-0.39, 0.29) is 0 Å². The highest BCUT2D eigenvalue weighted by molar-refractivity contribution is 5.76. The lowest BCUT2D eigenvalue weighted by Gasteiger charge is -2.24. The van der Waals surface area contributed by atoms with Crippen LogP contribution in [-0.2, 0) is 4.79 Å². The Bertz CT molecular complexity index is 226. The number of nitrogens with zero attached hydrogens (tertiary/aromatic N) is 1. The van der Waals surface area contributed by atoms with Crippen LogP contribution >= 0.6 is 0 Å². The largest absolute Gasteiger partial charge is 0.341 e. The molecule has 2 heterocycles. The summed E-state index contributed by atoms with van der Waals surface area (Å²) in [6.45, 7) is 7.28. The highest BCUT2D eigenvalue weighted by atomic mass is 16.2. The molecule has 0 spiro atoms. The first-order valence-corrected chi connectivity index (χ1v) is 6.18. The van der Waals surface area contributed by atoms with Gasteiger partial charge in [0.05, 0.1) is 0 Å². The van der Waals surface area contributed by atoms with E-state index in [1.165, 1.54) is 12.8 Å². The molecule has 0 bridgehead atoms. The SMILES string of the molecule is CC(C)CC(=O)N1C[C@@H]2CCCN[C@@H]2C1. The Labute approximate surface area is 92.2 Å². The molecule has 0 aromatic rings. The zero-order chi connectivity index (χ0) is 10.8. The number of hydrogen-bond acceptors (Lipinski definition) is 2. The number of rotatable bonds is 2. The molecule has 0 aliphatic carbocycles. The van der Waals surface area contributed by atoms with Crippen LogP contribution in [0.15, 0.2) is 0 Å². The molecular weight excluding hydrogens is 188 g/mol. The van der Waals surface area contributed by atoms with Gasteiger partial charge in [0.15, 0.2) is 0 Å². The number of fused-ring (bicyclic) bond motifs is 1. The van der Waals surface area contributed by atoms with E-state index in [1.807, 2.05) is 0 Å². The Morgan fingerprint density at radius 2 is 2.27 bits per heavy atom. The van der Waals surface area contributed by atoms with Gasteiger partial charge in [-0.3, -0.25) is 4.79 Å². The molecule has 0 unspecified atom stereocenters. The first-order valence-electron chi connectivity index (χ1n) is 6.18. The van der Waals surface area contributed by atoms with E-state index < -0.39 is 0 Å². The Hall–Kier alpha value is -0.570. The molecule has 0 aromatic heterocycles. The van der Waals surface area contributed by atoms with Gasteiger partial charge in [-0.15, -0.1) is 0 Å². The average Bonchev–Trinajstić information content (AvgIpc) is 2.59. The summed E-state index contributed by atoms with van der Waals surface area (Å²) in [6, 6.07) is 0.579. The maximum atomic E-state index is 11.9. The minimum absolute atomic E-state index is 0.348. The molecule has 2 aliphatic heterocycles. The van der Waals surface area contributed by atoms with Crippen LogP contribution in [0.3, 0.4) is 0 Å². The molecular formula is C12H22N2O. The van der Waals surface area contributed by atoms with E-state index >= 15 is 0 Å². The topological polar surface area (TPSA) is 32.3 Å². The normalized spacial score (nSPS) is 30.7. The lowest BCUT2D eigenvalue weighted by Crippen LogP contribution is -2.41. The second-order valence-corrected chi connectivity index (χ2v) is 5.36. The smallest absolute Gasteiger partial charge is 0.222 e. The van der Waals surface area contributed by atoms with Gasteiger partial charge in [-0.2, -0.15) is 0 Å². The molecule has 0 aromatic carbocycles. The second-order valence-electron chi connectivity index (χ2n) is 5.36. The fourth-order valence-electron chi connectivity index (χ4n) is 2.73. The predicted octanol–water partition coefficient (Wildman–Crippen LogP) is 1.24. The molecule has 0 radical (unpaired) electrons. The number of piperidine rings is 1. The van der Waals surface area contributed by atoms with Crippen molar-refractivity contribution in [1.29, 1.82) is 0 Å². The summed E-state index contributed by atoms with van der Waals surface area (Å²) in [5.74, 6) is 1.55. The third-order valence-electron chi connectivity index (χ3n) is 3.53. The van der Waals surface area contributed by atoms with Gasteiger partial charge in [0.2, 0.25) is 5.91 Å². The highest BCUT2D eigenvalue weighted by Gasteiger charge is 2.36. The summed E-state index contributed by atoms with van der Waals surface area (Å²) < 4.78 is 0. The summed E-state index contributed by atoms with van der Waals surface area (Å²) in [5, 5.41) is 3.53. The lowest BCUT2D eigenvalue weighted by molar-refractivity contribution is -0.131. The third-order valence-corrected chi connectivity index (χ3v) is 3.53. The van der Waals surface area contributed by atoms with Crippen LogP contribution in [-0.4, -0.2) is 36.5 Å². The maximum absolute atomic E-state index is 11.9. The summed E-state index contributed by atoms with van der Waals surface area (Å²) in [4.78, 5) is 14.0. The summed E-state index contributed by atoms with van der Waals surface area (Å²) >= 11 is 0. The Morgan fingerprint density at radius 1 is 1.47 bits per heavy atom. The minimum Gasteiger partial charge on any atom is -0.341 e. The van der Waals surface area contributed by atoms with Crippen LogP contribution < -0.4 is 5.32 Å². The third kappa shape index (κ3) is 2.51. The Morgan fingerprint density at radius 3 is 2.93 bits per heavy atom. The Balaban J connectivity index is 1.88. The molecule has 0 saturated carbocycles. The molecule has 2 rings (SSSR count). The van der Waals surface area contributed by atoms with Gasteiger partial charge >= 0.3 is 0 Å². The first-order chi connectivity index (χ1) is 7.16. The van der Waals surface area contributed by atoms with Crippen molar-refractivity contribution < 1.29 is 4.79 Å². The number of carbonyl (C=O) groups excluding carboxylic acids is 1. The van der Waals surface area contributed by atoms with Crippen LogP contribution in [0.25, 0.3) is 0 Å². The molecule has 2 fully saturated rings. The van der Waals surface area contributed by atoms with Crippen LogP contribution in [0.4, 0.5) is 0 Å². The van der Waals surface area contributed by atoms with Gasteiger partial charge in [0, 0.05) is 25.6 Å². The zero-order valence-corrected chi connectivity index (χ0v) is 9.83. The molecule has 2 saturated heterocycles. The molecule has 2 atom stereocenters. The van der Waals surface area contributed by atoms with Crippen molar-refractivity contribution in [1.82, 2.24) is 10.2 Å². The molecule has 1 N–H and O–H groups in total. The minimum atomic E-state index is 0.348. The van der Waals surface area contributed by atoms with E-state index in [0.29, 0.717) is 24.3 Å². The van der Waals surface area contributed by atoms with Crippen LogP contribution in [0.5, 0.6) is 0 Å². The van der Waals surface area contributed by atoms with Crippen molar-refractivity contribution in [2.75, 3.05) is 19.6 Å². The molecule has 3 heteroatoms. The van der Waals surface area contributed by atoms with Crippen molar-refractivity contribution in [2.24, 2.45) is 11.8 Å². The van der Waals surface area contributed by atoms with Crippen molar-refractivity contribution in [3.05, 3.63) is 0 Å². The average molecular weight is 210 g/mol. The van der Waals surface area contributed by atoms with Gasteiger partial charge in [-0.05, 0) is 31.2 Å². The number of amides is 1. The van der Waals surface area contributed by atoms with Crippen molar-refractivity contribution in [2.45, 2.75) is 39.2 Å². The van der Waals surface area contributed by atoms with E-state index in [4.69, 9.17) is 0 Å². The maximum Gasteiger partial charge on any atom is 0.222 e. The Kier molecular flexibility index (Phi) is 3.29. The fraction of sp³-hybridized carbons (Fsp3) is 0.917. The lowest BCUT2D eigenvalue weighted by atomic mass is 9.94. The number of likely N-dealkylation sites (tertiary alicyclic amines) is 1. The molecule has 3 nitrogen and oxygen atoms in total. The predicted molar refractivity (Wildman–Crippen MR) is 60.5 cm³/mol. The van der Waals surface area contributed by atoms with Gasteiger partial charge in [0.25, 0.3) is 0 Å². The van der Waals surface area contributed by atoms with Crippen molar-refractivity contribution in [3.8, 4) is 0 Å². The summed E-state index contributed by atoms with van der Waals surface area (Å²) in [7, 11) is 0. The standard InChI is InChI=1S/C12H22N2O/c1-9(2)6-12(15)14-7-10-4-3-5-13-11(10)8-14/h9-11,13H,3-8H2,1-2H3/t10-,11+/m0/s1. The molecule has 15 heavy (non-hydrogen) atoms. The van der Waals surface area contributed by atoms with Gasteiger partial charge in [-0.1, -0.05) is 13.8 Å². The number of carbonyl (C=O) groups is 1. The molecule has 1 amide bonds. The van der Waals surface area contributed by atoms with Gasteiger partial charge in [-0.25, -0.2) is 0 Å². The van der Waals surface area contributed by atoms with Gasteiger partial charge < -0.3 is 10.2 Å². The number of nitrogens with one attached hydrogen (secondary N) is 1. The second kappa shape index (κ2) is 4.52. The number of hydrogen-bond donors (Lipinski definition) is 1. The fourth-order valence-corrected chi connectivity index (χ4v) is 2.73. The zero-order valence-electron chi connectivity index (χ0n) is 9.83. The van der Waals surface area contributed by atoms with Crippen molar-refractivity contribution in [3.63, 3.8) is 0 Å². The summed E-state index contributed by atoms with van der Waals surface area (Å²) in [6.07, 6.45) is 3.27. The molecule has 2 aliphatic rings. The quantitative estimate of drug-likeness (QED) is 0.744. The van der Waals surface area contributed by atoms with E-state index in [1.54, 1.807) is 0 Å². The monoisotopic (exact) mass is 210 g/mol. The van der Waals surface area contributed by atoms with Gasteiger partial charge in [0.1, 0.15) is 0 Å². The van der Waals surface area contributed by atoms with Crippen LogP contribution in [0, 0.1) is 11.8 Å². The first kappa shape index (κ1) is 10.9. The highest BCUT2D eigenvalue weighted by Crippen LogP contribution is 2.25. The van der Waals surface area contributed by atoms with E-state index in [0.717, 1.165) is 25.6 Å². The molecule has 86 valence electrons.